The van der Waals surface area contributed by atoms with E-state index in [1.165, 1.54) is 0 Å². The molecule has 1 amide bonds. The fourth-order valence-corrected chi connectivity index (χ4v) is 3.72. The lowest BCUT2D eigenvalue weighted by Crippen LogP contribution is -2.39. The summed E-state index contributed by atoms with van der Waals surface area (Å²) in [5.41, 5.74) is 2.27. The number of pyridine rings is 1. The van der Waals surface area contributed by atoms with Gasteiger partial charge in [0.05, 0.1) is 13.2 Å². The van der Waals surface area contributed by atoms with E-state index in [2.05, 4.69) is 14.9 Å². The van der Waals surface area contributed by atoms with Gasteiger partial charge in [0.15, 0.2) is 5.69 Å². The number of morpholine rings is 1. The molecule has 2 aromatic heterocycles. The number of hydrogen-bond acceptors (Lipinski definition) is 6. The summed E-state index contributed by atoms with van der Waals surface area (Å²) in [5.74, 6) is 0.901. The standard InChI is InChI=1S/C24H28N4O3/c1-19-22(26-23(31-19)21-6-3-2-4-7-21)24(29)28(18-20-8-10-25-11-9-20)13-5-12-27-14-16-30-17-15-27/h2-4,6-11H,5,12-18H2,1H3. The molecular weight excluding hydrogens is 392 g/mol. The highest BCUT2D eigenvalue weighted by molar-refractivity contribution is 5.93. The Morgan fingerprint density at radius 3 is 2.58 bits per heavy atom. The molecule has 7 heteroatoms. The molecule has 31 heavy (non-hydrogen) atoms. The maximum atomic E-state index is 13.5. The summed E-state index contributed by atoms with van der Waals surface area (Å²) in [6, 6.07) is 13.5. The zero-order valence-electron chi connectivity index (χ0n) is 17.9. The van der Waals surface area contributed by atoms with Gasteiger partial charge in [-0.15, -0.1) is 0 Å². The summed E-state index contributed by atoms with van der Waals surface area (Å²) in [5, 5.41) is 0. The minimum Gasteiger partial charge on any atom is -0.441 e. The van der Waals surface area contributed by atoms with Gasteiger partial charge in [0.1, 0.15) is 5.76 Å². The maximum absolute atomic E-state index is 13.5. The van der Waals surface area contributed by atoms with Crippen LogP contribution in [-0.2, 0) is 11.3 Å². The van der Waals surface area contributed by atoms with Crippen LogP contribution < -0.4 is 0 Å². The summed E-state index contributed by atoms with van der Waals surface area (Å²) in [6.07, 6.45) is 4.39. The van der Waals surface area contributed by atoms with Crippen LogP contribution in [0.5, 0.6) is 0 Å². The lowest BCUT2D eigenvalue weighted by molar-refractivity contribution is 0.0355. The van der Waals surface area contributed by atoms with Crippen molar-refractivity contribution in [2.24, 2.45) is 0 Å². The minimum atomic E-state index is -0.109. The number of benzene rings is 1. The molecular formula is C24H28N4O3. The predicted molar refractivity (Wildman–Crippen MR) is 118 cm³/mol. The Morgan fingerprint density at radius 1 is 1.10 bits per heavy atom. The maximum Gasteiger partial charge on any atom is 0.276 e. The smallest absolute Gasteiger partial charge is 0.276 e. The number of hydrogen-bond donors (Lipinski definition) is 0. The second-order valence-corrected chi connectivity index (χ2v) is 7.68. The van der Waals surface area contributed by atoms with E-state index >= 15 is 0 Å². The Labute approximate surface area is 182 Å². The summed E-state index contributed by atoms with van der Waals surface area (Å²) >= 11 is 0. The van der Waals surface area contributed by atoms with E-state index in [0.717, 1.165) is 50.4 Å². The molecule has 4 rings (SSSR count). The van der Waals surface area contributed by atoms with Crippen LogP contribution in [-0.4, -0.2) is 65.1 Å². The van der Waals surface area contributed by atoms with Gasteiger partial charge in [0, 0.05) is 50.7 Å². The van der Waals surface area contributed by atoms with Crippen molar-refractivity contribution < 1.29 is 13.9 Å². The van der Waals surface area contributed by atoms with Gasteiger partial charge >= 0.3 is 0 Å². The van der Waals surface area contributed by atoms with E-state index < -0.39 is 0 Å². The highest BCUT2D eigenvalue weighted by Gasteiger charge is 2.24. The van der Waals surface area contributed by atoms with Crippen LogP contribution in [0.3, 0.4) is 0 Å². The first kappa shape index (κ1) is 21.2. The summed E-state index contributed by atoms with van der Waals surface area (Å²) in [7, 11) is 0. The van der Waals surface area contributed by atoms with Crippen molar-refractivity contribution in [3.63, 3.8) is 0 Å². The second-order valence-electron chi connectivity index (χ2n) is 7.68. The average molecular weight is 421 g/mol. The molecule has 3 aromatic rings. The highest BCUT2D eigenvalue weighted by Crippen LogP contribution is 2.23. The molecule has 1 aromatic carbocycles. The van der Waals surface area contributed by atoms with Crippen LogP contribution in [0, 0.1) is 6.92 Å². The molecule has 1 aliphatic rings. The average Bonchev–Trinajstić information content (AvgIpc) is 3.21. The van der Waals surface area contributed by atoms with Crippen LogP contribution in [0.2, 0.25) is 0 Å². The number of carbonyl (C=O) groups excluding carboxylic acids is 1. The second kappa shape index (κ2) is 10.3. The molecule has 0 N–H and O–H groups in total. The molecule has 0 unspecified atom stereocenters. The number of aryl methyl sites for hydroxylation is 1. The van der Waals surface area contributed by atoms with E-state index in [9.17, 15) is 4.79 Å². The van der Waals surface area contributed by atoms with Crippen molar-refractivity contribution in [2.75, 3.05) is 39.4 Å². The Balaban J connectivity index is 1.49. The zero-order valence-corrected chi connectivity index (χ0v) is 17.9. The molecule has 1 saturated heterocycles. The van der Waals surface area contributed by atoms with Crippen molar-refractivity contribution in [2.45, 2.75) is 19.9 Å². The lowest BCUT2D eigenvalue weighted by atomic mass is 10.2. The fourth-order valence-electron chi connectivity index (χ4n) is 3.72. The highest BCUT2D eigenvalue weighted by atomic mass is 16.5. The molecule has 0 saturated carbocycles. The van der Waals surface area contributed by atoms with Gasteiger partial charge in [-0.05, 0) is 43.2 Å². The molecule has 0 aliphatic carbocycles. The minimum absolute atomic E-state index is 0.109. The van der Waals surface area contributed by atoms with Gasteiger partial charge in [0.25, 0.3) is 5.91 Å². The zero-order chi connectivity index (χ0) is 21.5. The molecule has 1 aliphatic heterocycles. The summed E-state index contributed by atoms with van der Waals surface area (Å²) < 4.78 is 11.3. The summed E-state index contributed by atoms with van der Waals surface area (Å²) in [4.78, 5) is 26.3. The Morgan fingerprint density at radius 2 is 1.84 bits per heavy atom. The van der Waals surface area contributed by atoms with E-state index in [-0.39, 0.29) is 5.91 Å². The van der Waals surface area contributed by atoms with Crippen LogP contribution in [0.1, 0.15) is 28.2 Å². The van der Waals surface area contributed by atoms with Crippen molar-refractivity contribution in [3.05, 3.63) is 71.9 Å². The van der Waals surface area contributed by atoms with E-state index in [1.807, 2.05) is 47.4 Å². The normalized spacial score (nSPS) is 14.5. The van der Waals surface area contributed by atoms with Gasteiger partial charge in [-0.2, -0.15) is 0 Å². The molecule has 0 bridgehead atoms. The monoisotopic (exact) mass is 420 g/mol. The van der Waals surface area contributed by atoms with Crippen molar-refractivity contribution in [3.8, 4) is 11.5 Å². The summed E-state index contributed by atoms with van der Waals surface area (Å²) in [6.45, 7) is 7.34. The Hall–Kier alpha value is -3.03. The number of nitrogens with zero attached hydrogens (tertiary/aromatic N) is 4. The molecule has 7 nitrogen and oxygen atoms in total. The molecule has 0 radical (unpaired) electrons. The predicted octanol–water partition coefficient (Wildman–Crippen LogP) is 3.41. The molecule has 0 spiro atoms. The quantitative estimate of drug-likeness (QED) is 0.556. The van der Waals surface area contributed by atoms with Gasteiger partial charge in [-0.25, -0.2) is 4.98 Å². The van der Waals surface area contributed by atoms with E-state index in [4.69, 9.17) is 9.15 Å². The SMILES string of the molecule is Cc1oc(-c2ccccc2)nc1C(=O)N(CCCN1CCOCC1)Cc1ccncc1. The number of amides is 1. The number of oxazole rings is 1. The number of aromatic nitrogens is 2. The van der Waals surface area contributed by atoms with Gasteiger partial charge < -0.3 is 14.1 Å². The third-order valence-electron chi connectivity index (χ3n) is 5.44. The third kappa shape index (κ3) is 5.57. The molecule has 0 atom stereocenters. The lowest BCUT2D eigenvalue weighted by Gasteiger charge is -2.28. The molecule has 162 valence electrons. The van der Waals surface area contributed by atoms with E-state index in [1.54, 1.807) is 19.3 Å². The van der Waals surface area contributed by atoms with E-state index in [0.29, 0.717) is 30.4 Å². The third-order valence-corrected chi connectivity index (χ3v) is 5.44. The first-order chi connectivity index (χ1) is 15.2. The van der Waals surface area contributed by atoms with Crippen LogP contribution in [0.4, 0.5) is 0 Å². The van der Waals surface area contributed by atoms with Crippen molar-refractivity contribution in [1.29, 1.82) is 0 Å². The van der Waals surface area contributed by atoms with Crippen molar-refractivity contribution >= 4 is 5.91 Å². The molecule has 1 fully saturated rings. The van der Waals surface area contributed by atoms with Gasteiger partial charge in [-0.1, -0.05) is 18.2 Å². The van der Waals surface area contributed by atoms with Crippen LogP contribution in [0.25, 0.3) is 11.5 Å². The number of carbonyl (C=O) groups is 1. The first-order valence-corrected chi connectivity index (χ1v) is 10.7. The van der Waals surface area contributed by atoms with Gasteiger partial charge in [0.2, 0.25) is 5.89 Å². The van der Waals surface area contributed by atoms with Crippen LogP contribution in [0.15, 0.2) is 59.3 Å². The Bertz CT molecular complexity index is 969. The topological polar surface area (TPSA) is 71.7 Å². The molecule has 3 heterocycles. The number of ether oxygens (including phenoxy) is 1. The number of rotatable bonds is 8. The largest absolute Gasteiger partial charge is 0.441 e. The van der Waals surface area contributed by atoms with Gasteiger partial charge in [-0.3, -0.25) is 14.7 Å². The van der Waals surface area contributed by atoms with Crippen LogP contribution >= 0.6 is 0 Å². The van der Waals surface area contributed by atoms with Crippen molar-refractivity contribution in [1.82, 2.24) is 19.8 Å². The first-order valence-electron chi connectivity index (χ1n) is 10.7. The Kier molecular flexibility index (Phi) is 7.07. The fraction of sp³-hybridized carbons (Fsp3) is 0.375.